The normalized spacial score (nSPS) is 17.4. The quantitative estimate of drug-likeness (QED) is 0.735. The van der Waals surface area contributed by atoms with Crippen molar-refractivity contribution in [1.29, 1.82) is 0 Å². The molecule has 0 radical (unpaired) electrons. The summed E-state index contributed by atoms with van der Waals surface area (Å²) in [6, 6.07) is 10.0. The molecule has 0 aliphatic heterocycles. The fraction of sp³-hybridized carbons (Fsp3) is 0.300. The highest BCUT2D eigenvalue weighted by molar-refractivity contribution is 7.89. The van der Waals surface area contributed by atoms with Crippen LogP contribution in [0.15, 0.2) is 41.3 Å². The van der Waals surface area contributed by atoms with E-state index < -0.39 is 15.8 Å². The van der Waals surface area contributed by atoms with E-state index in [0.29, 0.717) is 12.0 Å². The number of aryl methyl sites for hydroxylation is 3. The lowest BCUT2D eigenvalue weighted by Crippen LogP contribution is -2.38. The summed E-state index contributed by atoms with van der Waals surface area (Å²) in [7, 11) is -3.67. The molecular weight excluding hydrogens is 351 g/mol. The zero-order valence-electron chi connectivity index (χ0n) is 14.8. The maximum Gasteiger partial charge on any atom is 0.240 e. The van der Waals surface area contributed by atoms with Gasteiger partial charge in [-0.25, -0.2) is 17.5 Å². The van der Waals surface area contributed by atoms with E-state index in [9.17, 15) is 12.8 Å². The first-order chi connectivity index (χ1) is 12.3. The molecule has 1 aliphatic rings. The molecular formula is C20H21FN2O2S. The van der Waals surface area contributed by atoms with Crippen LogP contribution in [-0.4, -0.2) is 19.4 Å². The minimum atomic E-state index is -3.67. The van der Waals surface area contributed by atoms with Crippen molar-refractivity contribution in [3.8, 4) is 0 Å². The lowest BCUT2D eigenvalue weighted by molar-refractivity contribution is 0.506. The summed E-state index contributed by atoms with van der Waals surface area (Å²) in [6.45, 7) is 3.62. The fourth-order valence-electron chi connectivity index (χ4n) is 3.70. The van der Waals surface area contributed by atoms with Gasteiger partial charge in [0.1, 0.15) is 5.82 Å². The van der Waals surface area contributed by atoms with Crippen LogP contribution in [0.5, 0.6) is 0 Å². The lowest BCUT2D eigenvalue weighted by Gasteiger charge is -2.23. The van der Waals surface area contributed by atoms with Crippen LogP contribution in [0.4, 0.5) is 4.39 Å². The van der Waals surface area contributed by atoms with Crippen molar-refractivity contribution in [2.75, 3.05) is 0 Å². The zero-order valence-corrected chi connectivity index (χ0v) is 15.6. The Bertz CT molecular complexity index is 1100. The van der Waals surface area contributed by atoms with E-state index >= 15 is 0 Å². The number of sulfonamides is 1. The van der Waals surface area contributed by atoms with Crippen LogP contribution in [0.2, 0.25) is 0 Å². The van der Waals surface area contributed by atoms with E-state index in [4.69, 9.17) is 0 Å². The standard InChI is InChI=1S/C20H21FN2O2S/c1-12-3-7-19-16(9-12)17-11-14(4-8-20(17)22-19)23-26(24,25)15-5-6-18(21)13(2)10-15/h3,5-7,9-10,14,22-23H,4,8,11H2,1-2H3. The molecule has 0 saturated heterocycles. The molecule has 1 aromatic heterocycles. The highest BCUT2D eigenvalue weighted by Gasteiger charge is 2.27. The van der Waals surface area contributed by atoms with Crippen molar-refractivity contribution in [3.63, 3.8) is 0 Å². The third-order valence-electron chi connectivity index (χ3n) is 5.10. The summed E-state index contributed by atoms with van der Waals surface area (Å²) in [4.78, 5) is 3.56. The Labute approximate surface area is 152 Å². The summed E-state index contributed by atoms with van der Waals surface area (Å²) >= 11 is 0. The molecule has 2 N–H and O–H groups in total. The van der Waals surface area contributed by atoms with E-state index in [-0.39, 0.29) is 10.9 Å². The van der Waals surface area contributed by atoms with Gasteiger partial charge < -0.3 is 4.98 Å². The average molecular weight is 372 g/mol. The van der Waals surface area contributed by atoms with E-state index in [1.54, 1.807) is 6.92 Å². The van der Waals surface area contributed by atoms with Gasteiger partial charge in [0, 0.05) is 22.6 Å². The highest BCUT2D eigenvalue weighted by Crippen LogP contribution is 2.30. The van der Waals surface area contributed by atoms with Gasteiger partial charge in [0.05, 0.1) is 4.90 Å². The molecule has 4 rings (SSSR count). The van der Waals surface area contributed by atoms with Crippen LogP contribution in [-0.2, 0) is 22.9 Å². The summed E-state index contributed by atoms with van der Waals surface area (Å²) < 4.78 is 41.6. The maximum absolute atomic E-state index is 13.4. The summed E-state index contributed by atoms with van der Waals surface area (Å²) in [5.74, 6) is -0.402. The molecule has 0 saturated carbocycles. The smallest absolute Gasteiger partial charge is 0.240 e. The molecule has 0 fully saturated rings. The summed E-state index contributed by atoms with van der Waals surface area (Å²) in [5.41, 5.74) is 4.99. The van der Waals surface area contributed by atoms with Crippen molar-refractivity contribution < 1.29 is 12.8 Å². The molecule has 1 atom stereocenters. The van der Waals surface area contributed by atoms with Crippen molar-refractivity contribution in [1.82, 2.24) is 9.71 Å². The monoisotopic (exact) mass is 372 g/mol. The molecule has 1 unspecified atom stereocenters. The van der Waals surface area contributed by atoms with Crippen LogP contribution in [0.25, 0.3) is 10.9 Å². The topological polar surface area (TPSA) is 62.0 Å². The number of hydrogen-bond acceptors (Lipinski definition) is 2. The van der Waals surface area contributed by atoms with Crippen molar-refractivity contribution >= 4 is 20.9 Å². The van der Waals surface area contributed by atoms with E-state index in [0.717, 1.165) is 18.4 Å². The molecule has 1 aliphatic carbocycles. The SMILES string of the molecule is Cc1ccc2[nH]c3c(c2c1)CC(NS(=O)(=O)c1ccc(F)c(C)c1)CC3. The Balaban J connectivity index is 1.61. The first-order valence-corrected chi connectivity index (χ1v) is 10.2. The largest absolute Gasteiger partial charge is 0.358 e. The van der Waals surface area contributed by atoms with Crippen LogP contribution >= 0.6 is 0 Å². The summed E-state index contributed by atoms with van der Waals surface area (Å²) in [5, 5.41) is 1.17. The number of hydrogen-bond donors (Lipinski definition) is 2. The summed E-state index contributed by atoms with van der Waals surface area (Å²) in [6.07, 6.45) is 2.19. The Morgan fingerprint density at radius 3 is 2.73 bits per heavy atom. The number of H-pyrrole nitrogens is 1. The number of aromatic nitrogens is 1. The maximum atomic E-state index is 13.4. The van der Waals surface area contributed by atoms with E-state index in [1.165, 1.54) is 40.4 Å². The zero-order chi connectivity index (χ0) is 18.5. The van der Waals surface area contributed by atoms with Crippen molar-refractivity contribution in [3.05, 3.63) is 64.6 Å². The number of halogens is 1. The predicted octanol–water partition coefficient (Wildman–Crippen LogP) is 3.76. The highest BCUT2D eigenvalue weighted by atomic mass is 32.2. The Hall–Kier alpha value is -2.18. The van der Waals surface area contributed by atoms with E-state index in [2.05, 4.69) is 34.8 Å². The molecule has 4 nitrogen and oxygen atoms in total. The number of benzene rings is 2. The van der Waals surface area contributed by atoms with Crippen LogP contribution < -0.4 is 4.72 Å². The van der Waals surface area contributed by atoms with Gasteiger partial charge in [0.15, 0.2) is 0 Å². The van der Waals surface area contributed by atoms with Crippen molar-refractivity contribution in [2.45, 2.75) is 44.0 Å². The van der Waals surface area contributed by atoms with Gasteiger partial charge in [0.2, 0.25) is 10.0 Å². The second kappa shape index (κ2) is 6.21. The molecule has 26 heavy (non-hydrogen) atoms. The third kappa shape index (κ3) is 3.04. The fourth-order valence-corrected chi connectivity index (χ4v) is 5.06. The predicted molar refractivity (Wildman–Crippen MR) is 100 cm³/mol. The number of rotatable bonds is 3. The van der Waals surface area contributed by atoms with Crippen molar-refractivity contribution in [2.24, 2.45) is 0 Å². The molecule has 2 aromatic carbocycles. The lowest BCUT2D eigenvalue weighted by atomic mass is 9.92. The minimum Gasteiger partial charge on any atom is -0.358 e. The third-order valence-corrected chi connectivity index (χ3v) is 6.62. The number of fused-ring (bicyclic) bond motifs is 3. The molecule has 0 amide bonds. The van der Waals surface area contributed by atoms with Gasteiger partial charge in [-0.2, -0.15) is 0 Å². The van der Waals surface area contributed by atoms with Gasteiger partial charge in [-0.3, -0.25) is 0 Å². The second-order valence-corrected chi connectivity index (χ2v) is 8.82. The Morgan fingerprint density at radius 1 is 1.15 bits per heavy atom. The van der Waals surface area contributed by atoms with Crippen LogP contribution in [0.3, 0.4) is 0 Å². The first kappa shape index (κ1) is 17.2. The molecule has 6 heteroatoms. The average Bonchev–Trinajstić information content (AvgIpc) is 2.94. The van der Waals surface area contributed by atoms with Crippen LogP contribution in [0, 0.1) is 19.7 Å². The number of nitrogens with one attached hydrogen (secondary N) is 2. The van der Waals surface area contributed by atoms with Crippen LogP contribution in [0.1, 0.15) is 28.8 Å². The molecule has 3 aromatic rings. The molecule has 1 heterocycles. The number of aromatic amines is 1. The first-order valence-electron chi connectivity index (χ1n) is 8.72. The van der Waals surface area contributed by atoms with Gasteiger partial charge in [-0.1, -0.05) is 11.6 Å². The second-order valence-electron chi connectivity index (χ2n) is 7.10. The molecule has 0 bridgehead atoms. The molecule has 136 valence electrons. The van der Waals surface area contributed by atoms with Gasteiger partial charge in [0.25, 0.3) is 0 Å². The van der Waals surface area contributed by atoms with Gasteiger partial charge >= 0.3 is 0 Å². The van der Waals surface area contributed by atoms with Gasteiger partial charge in [-0.15, -0.1) is 0 Å². The van der Waals surface area contributed by atoms with E-state index in [1.807, 2.05) is 0 Å². The minimum absolute atomic E-state index is 0.108. The molecule has 0 spiro atoms. The van der Waals surface area contributed by atoms with Gasteiger partial charge in [-0.05, 0) is 74.6 Å². The Morgan fingerprint density at radius 2 is 1.96 bits per heavy atom. The Kier molecular flexibility index (Phi) is 4.12.